The van der Waals surface area contributed by atoms with Crippen LogP contribution >= 0.6 is 0 Å². The maximum Gasteiger partial charge on any atom is 0.0565 e. The van der Waals surface area contributed by atoms with Crippen LogP contribution in [0.4, 0.5) is 0 Å². The summed E-state index contributed by atoms with van der Waals surface area (Å²) in [4.78, 5) is 0. The Labute approximate surface area is 154 Å². The molecule has 0 saturated heterocycles. The van der Waals surface area contributed by atoms with Crippen molar-refractivity contribution in [1.29, 1.82) is 0 Å². The van der Waals surface area contributed by atoms with Crippen molar-refractivity contribution in [1.82, 2.24) is 0 Å². The summed E-state index contributed by atoms with van der Waals surface area (Å²) in [7, 11) is 0. The lowest BCUT2D eigenvalue weighted by Gasteiger charge is -2.18. The molecule has 2 atom stereocenters. The first-order chi connectivity index (χ1) is 11.7. The molecule has 0 amide bonds. The van der Waals surface area contributed by atoms with Crippen molar-refractivity contribution in [2.75, 3.05) is 0 Å². The second-order valence-electron chi connectivity index (χ2n) is 8.07. The summed E-state index contributed by atoms with van der Waals surface area (Å²) in [6.45, 7) is 6.80. The van der Waals surface area contributed by atoms with Crippen LogP contribution in [0.15, 0.2) is 0 Å². The van der Waals surface area contributed by atoms with Gasteiger partial charge in [0.25, 0.3) is 0 Å². The van der Waals surface area contributed by atoms with Gasteiger partial charge in [0.1, 0.15) is 0 Å². The molecular formula is C23H48O. The van der Waals surface area contributed by atoms with Crippen LogP contribution in [-0.2, 0) is 0 Å². The summed E-state index contributed by atoms with van der Waals surface area (Å²) < 4.78 is 0. The van der Waals surface area contributed by atoms with Gasteiger partial charge in [0.15, 0.2) is 0 Å². The summed E-state index contributed by atoms with van der Waals surface area (Å²) >= 11 is 0. The molecule has 0 aliphatic rings. The molecule has 0 spiro atoms. The standard InChI is InChI=1S/C23H48O/c1-4-6-8-10-12-14-16-18-20-22(3)23(24)21-19-17-15-13-11-9-7-5-2/h22-24H,4-21H2,1-3H3. The smallest absolute Gasteiger partial charge is 0.0565 e. The summed E-state index contributed by atoms with van der Waals surface area (Å²) in [5, 5.41) is 10.3. The largest absolute Gasteiger partial charge is 0.393 e. The number of aliphatic hydroxyl groups excluding tert-OH is 1. The van der Waals surface area contributed by atoms with Gasteiger partial charge in [-0.05, 0) is 18.8 Å². The molecule has 0 rings (SSSR count). The Bertz CT molecular complexity index is 202. The average molecular weight is 341 g/mol. The number of hydrogen-bond donors (Lipinski definition) is 1. The zero-order valence-corrected chi connectivity index (χ0v) is 17.3. The van der Waals surface area contributed by atoms with E-state index in [2.05, 4.69) is 20.8 Å². The average Bonchev–Trinajstić information content (AvgIpc) is 2.59. The van der Waals surface area contributed by atoms with Gasteiger partial charge >= 0.3 is 0 Å². The minimum Gasteiger partial charge on any atom is -0.393 e. The molecule has 0 aliphatic heterocycles. The fourth-order valence-corrected chi connectivity index (χ4v) is 3.56. The molecular weight excluding hydrogens is 292 g/mol. The van der Waals surface area contributed by atoms with Crippen molar-refractivity contribution >= 4 is 0 Å². The maximum absolute atomic E-state index is 10.3. The highest BCUT2D eigenvalue weighted by molar-refractivity contribution is 4.65. The molecule has 0 fully saturated rings. The van der Waals surface area contributed by atoms with Crippen LogP contribution < -0.4 is 0 Å². The Morgan fingerprint density at radius 2 is 0.833 bits per heavy atom. The first-order valence-corrected chi connectivity index (χ1v) is 11.4. The number of rotatable bonds is 19. The van der Waals surface area contributed by atoms with Gasteiger partial charge in [-0.15, -0.1) is 0 Å². The molecule has 1 heteroatoms. The van der Waals surface area contributed by atoms with E-state index in [0.29, 0.717) is 5.92 Å². The third-order valence-electron chi connectivity index (χ3n) is 5.52. The molecule has 0 saturated carbocycles. The van der Waals surface area contributed by atoms with E-state index < -0.39 is 0 Å². The van der Waals surface area contributed by atoms with Gasteiger partial charge < -0.3 is 5.11 Å². The van der Waals surface area contributed by atoms with Gasteiger partial charge in [0, 0.05) is 0 Å². The molecule has 0 aromatic carbocycles. The summed E-state index contributed by atoms with van der Waals surface area (Å²) in [6.07, 6.45) is 24.1. The molecule has 0 radical (unpaired) electrons. The number of unbranched alkanes of at least 4 members (excludes halogenated alkanes) is 14. The fourth-order valence-electron chi connectivity index (χ4n) is 3.56. The van der Waals surface area contributed by atoms with Crippen LogP contribution in [0.5, 0.6) is 0 Å². The Kier molecular flexibility index (Phi) is 19.3. The van der Waals surface area contributed by atoms with E-state index in [0.717, 1.165) is 6.42 Å². The molecule has 24 heavy (non-hydrogen) atoms. The quantitative estimate of drug-likeness (QED) is 0.236. The number of hydrogen-bond acceptors (Lipinski definition) is 1. The zero-order valence-electron chi connectivity index (χ0n) is 17.3. The Hall–Kier alpha value is -0.0400. The van der Waals surface area contributed by atoms with Crippen LogP contribution in [0, 0.1) is 5.92 Å². The van der Waals surface area contributed by atoms with E-state index >= 15 is 0 Å². The van der Waals surface area contributed by atoms with Crippen LogP contribution in [0.2, 0.25) is 0 Å². The Balaban J connectivity index is 3.32. The van der Waals surface area contributed by atoms with Crippen LogP contribution in [-0.4, -0.2) is 11.2 Å². The second-order valence-corrected chi connectivity index (χ2v) is 8.07. The highest BCUT2D eigenvalue weighted by Gasteiger charge is 2.13. The summed E-state index contributed by atoms with van der Waals surface area (Å²) in [6, 6.07) is 0. The Morgan fingerprint density at radius 1 is 0.500 bits per heavy atom. The second kappa shape index (κ2) is 19.3. The molecule has 1 nitrogen and oxygen atoms in total. The van der Waals surface area contributed by atoms with E-state index in [9.17, 15) is 5.11 Å². The van der Waals surface area contributed by atoms with Crippen molar-refractivity contribution in [3.8, 4) is 0 Å². The minimum absolute atomic E-state index is 0.0605. The fraction of sp³-hybridized carbons (Fsp3) is 1.00. The predicted octanol–water partition coefficient (Wildman–Crippen LogP) is 8.05. The van der Waals surface area contributed by atoms with Crippen LogP contribution in [0.1, 0.15) is 136 Å². The number of aliphatic hydroxyl groups is 1. The third kappa shape index (κ3) is 16.8. The molecule has 0 aromatic heterocycles. The lowest BCUT2D eigenvalue weighted by Crippen LogP contribution is -2.17. The minimum atomic E-state index is -0.0605. The molecule has 0 aliphatic carbocycles. The van der Waals surface area contributed by atoms with Crippen molar-refractivity contribution < 1.29 is 5.11 Å². The molecule has 2 unspecified atom stereocenters. The Morgan fingerprint density at radius 3 is 1.25 bits per heavy atom. The summed E-state index contributed by atoms with van der Waals surface area (Å²) in [5.41, 5.74) is 0. The van der Waals surface area contributed by atoms with E-state index in [1.54, 1.807) is 0 Å². The topological polar surface area (TPSA) is 20.2 Å². The predicted molar refractivity (Wildman–Crippen MR) is 110 cm³/mol. The van der Waals surface area contributed by atoms with E-state index in [1.165, 1.54) is 109 Å². The van der Waals surface area contributed by atoms with Gasteiger partial charge in [-0.25, -0.2) is 0 Å². The van der Waals surface area contributed by atoms with Gasteiger partial charge in [-0.2, -0.15) is 0 Å². The van der Waals surface area contributed by atoms with Gasteiger partial charge in [0.05, 0.1) is 6.10 Å². The zero-order chi connectivity index (χ0) is 17.9. The van der Waals surface area contributed by atoms with Crippen molar-refractivity contribution in [3.63, 3.8) is 0 Å². The summed E-state index contributed by atoms with van der Waals surface area (Å²) in [5.74, 6) is 0.495. The monoisotopic (exact) mass is 340 g/mol. The lowest BCUT2D eigenvalue weighted by atomic mass is 9.93. The lowest BCUT2D eigenvalue weighted by molar-refractivity contribution is 0.0985. The van der Waals surface area contributed by atoms with Gasteiger partial charge in [0.2, 0.25) is 0 Å². The molecule has 1 N–H and O–H groups in total. The first-order valence-electron chi connectivity index (χ1n) is 11.4. The SMILES string of the molecule is CCCCCCCCCCC(C)C(O)CCCCCCCCCC. The van der Waals surface area contributed by atoms with Crippen LogP contribution in [0.25, 0.3) is 0 Å². The van der Waals surface area contributed by atoms with Crippen LogP contribution in [0.3, 0.4) is 0 Å². The normalized spacial score (nSPS) is 14.0. The van der Waals surface area contributed by atoms with Gasteiger partial charge in [-0.1, -0.05) is 124 Å². The molecule has 0 aromatic rings. The molecule has 146 valence electrons. The van der Waals surface area contributed by atoms with Crippen molar-refractivity contribution in [3.05, 3.63) is 0 Å². The highest BCUT2D eigenvalue weighted by atomic mass is 16.3. The van der Waals surface area contributed by atoms with E-state index in [1.807, 2.05) is 0 Å². The van der Waals surface area contributed by atoms with E-state index in [4.69, 9.17) is 0 Å². The van der Waals surface area contributed by atoms with E-state index in [-0.39, 0.29) is 6.10 Å². The van der Waals surface area contributed by atoms with Crippen molar-refractivity contribution in [2.24, 2.45) is 5.92 Å². The molecule has 0 bridgehead atoms. The maximum atomic E-state index is 10.3. The first kappa shape index (κ1) is 24.0. The van der Waals surface area contributed by atoms with Crippen molar-refractivity contribution in [2.45, 2.75) is 142 Å². The highest BCUT2D eigenvalue weighted by Crippen LogP contribution is 2.19. The third-order valence-corrected chi connectivity index (χ3v) is 5.52. The van der Waals surface area contributed by atoms with Gasteiger partial charge in [-0.3, -0.25) is 0 Å². The molecule has 0 heterocycles.